The molecule has 5 fully saturated rings. The summed E-state index contributed by atoms with van der Waals surface area (Å²) >= 11 is 0. The lowest BCUT2D eigenvalue weighted by atomic mass is 9.46. The molecule has 5 saturated carbocycles. The molecule has 0 aromatic heterocycles. The number of methoxy groups -OCH3 is 1. The maximum atomic E-state index is 13.0. The molecule has 4 nitrogen and oxygen atoms in total. The Balaban J connectivity index is 1.13. The molecular weight excluding hydrogens is 532 g/mol. The van der Waals surface area contributed by atoms with Gasteiger partial charge in [0.2, 0.25) is 0 Å². The first kappa shape index (κ1) is 30.8. The van der Waals surface area contributed by atoms with Crippen LogP contribution in [0.1, 0.15) is 118 Å². The lowest BCUT2D eigenvalue weighted by Gasteiger charge is -2.59. The molecule has 1 aromatic carbocycles. The molecule has 2 spiro atoms. The number of ether oxygens (including phenoxy) is 2. The molecule has 1 N–H and O–H groups in total. The zero-order valence-corrected chi connectivity index (χ0v) is 27.9. The van der Waals surface area contributed by atoms with Crippen LogP contribution in [0.3, 0.4) is 0 Å². The zero-order valence-electron chi connectivity index (χ0n) is 27.9. The number of carbonyl (C=O) groups excluding carboxylic acids is 1. The Morgan fingerprint density at radius 2 is 1.79 bits per heavy atom. The Kier molecular flexibility index (Phi) is 7.86. The fraction of sp³-hybridized carbons (Fsp3) is 0.718. The maximum absolute atomic E-state index is 13.0. The molecule has 9 atom stereocenters. The first-order valence-electron chi connectivity index (χ1n) is 17.3. The standard InChI is InChI=1S/C39H56O4/c1-25(2)9-8-10-26(3)28-13-14-29-30-15-17-33-36(4,5)34(19-20-39(33)24-38(30,39)22-21-37(28,29)6)43-35(41)18-12-27-11-16-31(40)32(23-27)42-7/h9,11-12,16,18,23,26,28-30,33-34,40H,8,10,13-15,17,19-22,24H2,1-7H3/b18-12+/t26-,28-,29+,30+,33+,34+,37-,38+,39-/m1/s1. The van der Waals surface area contributed by atoms with Gasteiger partial charge in [-0.25, -0.2) is 4.79 Å². The number of fused-ring (bicyclic) bond motifs is 2. The molecule has 0 unspecified atom stereocenters. The van der Waals surface area contributed by atoms with E-state index in [0.717, 1.165) is 35.7 Å². The number of hydrogen-bond donors (Lipinski definition) is 1. The van der Waals surface area contributed by atoms with Crippen molar-refractivity contribution in [3.8, 4) is 11.5 Å². The summed E-state index contributed by atoms with van der Waals surface area (Å²) in [7, 11) is 1.53. The van der Waals surface area contributed by atoms with Crippen LogP contribution in [0.5, 0.6) is 11.5 Å². The molecule has 236 valence electrons. The minimum atomic E-state index is -0.274. The van der Waals surface area contributed by atoms with Crippen LogP contribution < -0.4 is 4.74 Å². The Bertz CT molecular complexity index is 1290. The van der Waals surface area contributed by atoms with E-state index < -0.39 is 0 Å². The number of allylic oxidation sites excluding steroid dienone is 2. The molecule has 4 heteroatoms. The van der Waals surface area contributed by atoms with E-state index in [0.29, 0.717) is 27.9 Å². The van der Waals surface area contributed by atoms with Crippen molar-refractivity contribution in [1.29, 1.82) is 0 Å². The normalized spacial score (nSPS) is 39.6. The first-order valence-corrected chi connectivity index (χ1v) is 17.3. The number of carbonyl (C=O) groups is 1. The van der Waals surface area contributed by atoms with Gasteiger partial charge in [0.15, 0.2) is 11.5 Å². The SMILES string of the molecule is COc1cc(/C=C/C(=O)O[C@H]2CC[C@]34C[C@]35CC[C@]3(C)[C@@H]([C@H](C)CCC=C(C)C)CC[C@H]3[C@@H]5CC[C@H]4C2(C)C)ccc1O. The Morgan fingerprint density at radius 3 is 2.53 bits per heavy atom. The molecule has 0 heterocycles. The van der Waals surface area contributed by atoms with Crippen LogP contribution in [0, 0.1) is 51.2 Å². The number of benzene rings is 1. The van der Waals surface area contributed by atoms with E-state index in [-0.39, 0.29) is 23.2 Å². The van der Waals surface area contributed by atoms with Crippen molar-refractivity contribution in [2.24, 2.45) is 51.2 Å². The summed E-state index contributed by atoms with van der Waals surface area (Å²) < 4.78 is 11.4. The van der Waals surface area contributed by atoms with Gasteiger partial charge in [-0.05, 0) is 154 Å². The number of rotatable bonds is 8. The topological polar surface area (TPSA) is 55.8 Å². The second kappa shape index (κ2) is 11.0. The van der Waals surface area contributed by atoms with Crippen molar-refractivity contribution >= 4 is 12.0 Å². The second-order valence-electron chi connectivity index (χ2n) is 16.4. The van der Waals surface area contributed by atoms with Gasteiger partial charge in [-0.3, -0.25) is 0 Å². The Hall–Kier alpha value is -2.23. The van der Waals surface area contributed by atoms with E-state index in [1.54, 1.807) is 24.3 Å². The summed E-state index contributed by atoms with van der Waals surface area (Å²) in [6.45, 7) is 14.5. The molecule has 1 aromatic rings. The highest BCUT2D eigenvalue weighted by atomic mass is 16.5. The molecule has 0 bridgehead atoms. The lowest BCUT2D eigenvalue weighted by molar-refractivity contribution is -0.170. The number of phenolic OH excluding ortho intramolecular Hbond substituents is 1. The predicted octanol–water partition coefficient (Wildman–Crippen LogP) is 9.76. The van der Waals surface area contributed by atoms with E-state index in [9.17, 15) is 9.90 Å². The van der Waals surface area contributed by atoms with Gasteiger partial charge in [0, 0.05) is 11.5 Å². The Labute approximate surface area is 260 Å². The van der Waals surface area contributed by atoms with Gasteiger partial charge < -0.3 is 14.6 Å². The third-order valence-corrected chi connectivity index (χ3v) is 14.0. The summed E-state index contributed by atoms with van der Waals surface area (Å²) in [4.78, 5) is 13.0. The fourth-order valence-electron chi connectivity index (χ4n) is 12.0. The summed E-state index contributed by atoms with van der Waals surface area (Å²) in [5.74, 6) is 4.36. The molecule has 5 aliphatic carbocycles. The van der Waals surface area contributed by atoms with Gasteiger partial charge in [-0.2, -0.15) is 0 Å². The van der Waals surface area contributed by atoms with Crippen molar-refractivity contribution in [2.45, 2.75) is 118 Å². The van der Waals surface area contributed by atoms with Crippen LogP contribution in [-0.2, 0) is 9.53 Å². The minimum absolute atomic E-state index is 0.0175. The van der Waals surface area contributed by atoms with Gasteiger partial charge in [0.25, 0.3) is 0 Å². The van der Waals surface area contributed by atoms with Crippen LogP contribution in [-0.4, -0.2) is 24.3 Å². The van der Waals surface area contributed by atoms with E-state index in [2.05, 4.69) is 47.6 Å². The largest absolute Gasteiger partial charge is 0.504 e. The summed E-state index contributed by atoms with van der Waals surface area (Å²) in [5, 5.41) is 9.87. The highest BCUT2D eigenvalue weighted by molar-refractivity contribution is 5.87. The summed E-state index contributed by atoms with van der Waals surface area (Å²) in [6, 6.07) is 5.08. The molecule has 6 rings (SSSR count). The molecule has 43 heavy (non-hydrogen) atoms. The van der Waals surface area contributed by atoms with E-state index in [4.69, 9.17) is 9.47 Å². The highest BCUT2D eigenvalue weighted by Crippen LogP contribution is 2.87. The van der Waals surface area contributed by atoms with Crippen molar-refractivity contribution in [2.75, 3.05) is 7.11 Å². The number of esters is 1. The van der Waals surface area contributed by atoms with Crippen LogP contribution in [0.2, 0.25) is 0 Å². The molecular formula is C39H56O4. The van der Waals surface area contributed by atoms with Crippen LogP contribution in [0.4, 0.5) is 0 Å². The molecule has 0 aliphatic heterocycles. The zero-order chi connectivity index (χ0) is 30.8. The monoisotopic (exact) mass is 588 g/mol. The third-order valence-electron chi connectivity index (χ3n) is 14.0. The summed E-state index contributed by atoms with van der Waals surface area (Å²) in [5.41, 5.74) is 3.77. The van der Waals surface area contributed by atoms with Gasteiger partial charge in [-0.15, -0.1) is 0 Å². The van der Waals surface area contributed by atoms with Gasteiger partial charge in [-0.1, -0.05) is 45.4 Å². The van der Waals surface area contributed by atoms with Gasteiger partial charge >= 0.3 is 5.97 Å². The fourth-order valence-corrected chi connectivity index (χ4v) is 12.0. The minimum Gasteiger partial charge on any atom is -0.504 e. The van der Waals surface area contributed by atoms with Gasteiger partial charge in [0.05, 0.1) is 7.11 Å². The first-order chi connectivity index (χ1) is 20.4. The number of aromatic hydroxyl groups is 1. The van der Waals surface area contributed by atoms with Crippen molar-refractivity contribution in [3.05, 3.63) is 41.5 Å². The maximum Gasteiger partial charge on any atom is 0.331 e. The van der Waals surface area contributed by atoms with Gasteiger partial charge in [0.1, 0.15) is 6.10 Å². The molecule has 0 radical (unpaired) electrons. The summed E-state index contributed by atoms with van der Waals surface area (Å²) in [6.07, 6.45) is 20.3. The average Bonchev–Trinajstić information content (AvgIpc) is 3.50. The molecule has 5 aliphatic rings. The number of phenols is 1. The van der Waals surface area contributed by atoms with E-state index in [1.807, 2.05) is 0 Å². The lowest BCUT2D eigenvalue weighted by Crippen LogP contribution is -2.55. The average molecular weight is 589 g/mol. The van der Waals surface area contributed by atoms with Crippen molar-refractivity contribution < 1.29 is 19.4 Å². The third kappa shape index (κ3) is 4.88. The van der Waals surface area contributed by atoms with Crippen LogP contribution >= 0.6 is 0 Å². The predicted molar refractivity (Wildman–Crippen MR) is 174 cm³/mol. The van der Waals surface area contributed by atoms with E-state index in [1.165, 1.54) is 83.0 Å². The van der Waals surface area contributed by atoms with E-state index >= 15 is 0 Å². The smallest absolute Gasteiger partial charge is 0.331 e. The van der Waals surface area contributed by atoms with Crippen molar-refractivity contribution in [1.82, 2.24) is 0 Å². The molecule has 0 amide bonds. The second-order valence-corrected chi connectivity index (χ2v) is 16.4. The molecule has 0 saturated heterocycles. The van der Waals surface area contributed by atoms with Crippen molar-refractivity contribution in [3.63, 3.8) is 0 Å². The highest BCUT2D eigenvalue weighted by Gasteiger charge is 2.80. The quantitative estimate of drug-likeness (QED) is 0.187. The van der Waals surface area contributed by atoms with Crippen LogP contribution in [0.15, 0.2) is 35.9 Å². The van der Waals surface area contributed by atoms with Crippen LogP contribution in [0.25, 0.3) is 6.08 Å². The Morgan fingerprint density at radius 1 is 1.02 bits per heavy atom. The number of hydrogen-bond acceptors (Lipinski definition) is 4.